The number of sulfonamides is 1. The molecule has 120 valence electrons. The number of nitrogens with zero attached hydrogens (tertiary/aromatic N) is 1. The van der Waals surface area contributed by atoms with Gasteiger partial charge in [-0.05, 0) is 37.8 Å². The first-order valence-electron chi connectivity index (χ1n) is 7.74. The van der Waals surface area contributed by atoms with Gasteiger partial charge >= 0.3 is 0 Å². The van der Waals surface area contributed by atoms with Crippen LogP contribution in [0.4, 0.5) is 0 Å². The molecule has 6 heteroatoms. The molecule has 4 nitrogen and oxygen atoms in total. The van der Waals surface area contributed by atoms with E-state index in [1.165, 1.54) is 28.5 Å². The smallest absolute Gasteiger partial charge is 0.252 e. The molecule has 0 atom stereocenters. The van der Waals surface area contributed by atoms with Crippen molar-refractivity contribution in [2.24, 2.45) is 0 Å². The fourth-order valence-corrected chi connectivity index (χ4v) is 5.14. The summed E-state index contributed by atoms with van der Waals surface area (Å²) in [6.07, 6.45) is 5.58. The van der Waals surface area contributed by atoms with Crippen LogP contribution in [-0.2, 0) is 16.6 Å². The van der Waals surface area contributed by atoms with Gasteiger partial charge in [-0.15, -0.1) is 11.3 Å². The molecule has 1 aromatic heterocycles. The van der Waals surface area contributed by atoms with Crippen molar-refractivity contribution in [1.82, 2.24) is 9.62 Å². The minimum atomic E-state index is -3.32. The van der Waals surface area contributed by atoms with E-state index in [-0.39, 0.29) is 0 Å². The molecule has 0 amide bonds. The summed E-state index contributed by atoms with van der Waals surface area (Å²) < 4.78 is 27.1. The number of hydrogen-bond donors (Lipinski definition) is 1. The second kappa shape index (κ2) is 7.22. The Morgan fingerprint density at radius 2 is 2.10 bits per heavy atom. The van der Waals surface area contributed by atoms with Crippen molar-refractivity contribution in [2.45, 2.75) is 62.7 Å². The van der Waals surface area contributed by atoms with E-state index in [0.29, 0.717) is 16.8 Å². The Kier molecular flexibility index (Phi) is 5.82. The first-order chi connectivity index (χ1) is 9.95. The Morgan fingerprint density at radius 3 is 2.71 bits per heavy atom. The zero-order valence-electron chi connectivity index (χ0n) is 13.2. The molecule has 0 bridgehead atoms. The Labute approximate surface area is 132 Å². The lowest BCUT2D eigenvalue weighted by Gasteiger charge is -2.15. The van der Waals surface area contributed by atoms with E-state index < -0.39 is 10.0 Å². The molecule has 1 aliphatic carbocycles. The summed E-state index contributed by atoms with van der Waals surface area (Å²) in [7, 11) is -1.64. The molecule has 0 unspecified atom stereocenters. The molecular weight excluding hydrogens is 304 g/mol. The standard InChI is InChI=1S/C15H26N2O2S2/c1-4-5-6-9-17(3)21(18,19)15-10-12(2)14(20-15)11-16-13-7-8-13/h10,13,16H,4-9,11H2,1-3H3. The van der Waals surface area contributed by atoms with Gasteiger partial charge < -0.3 is 5.32 Å². The van der Waals surface area contributed by atoms with Crippen LogP contribution in [0, 0.1) is 6.92 Å². The number of rotatable bonds is 9. The highest BCUT2D eigenvalue weighted by Gasteiger charge is 2.25. The van der Waals surface area contributed by atoms with Crippen LogP contribution in [-0.4, -0.2) is 32.4 Å². The van der Waals surface area contributed by atoms with Crippen molar-refractivity contribution in [3.8, 4) is 0 Å². The average molecular weight is 331 g/mol. The van der Waals surface area contributed by atoms with E-state index in [1.54, 1.807) is 7.05 Å². The molecule has 1 fully saturated rings. The highest BCUT2D eigenvalue weighted by Crippen LogP contribution is 2.29. The predicted octanol–water partition coefficient (Wildman–Crippen LogP) is 3.12. The summed E-state index contributed by atoms with van der Waals surface area (Å²) in [5.74, 6) is 0. The summed E-state index contributed by atoms with van der Waals surface area (Å²) in [6, 6.07) is 2.46. The third-order valence-electron chi connectivity index (χ3n) is 3.87. The van der Waals surface area contributed by atoms with Crippen molar-refractivity contribution < 1.29 is 8.42 Å². The fourth-order valence-electron chi connectivity index (χ4n) is 2.17. The van der Waals surface area contributed by atoms with Gasteiger partial charge in [0.25, 0.3) is 10.0 Å². The maximum atomic E-state index is 12.6. The normalized spacial score (nSPS) is 15.8. The van der Waals surface area contributed by atoms with Crippen LogP contribution in [0.3, 0.4) is 0 Å². The third kappa shape index (κ3) is 4.52. The molecule has 0 aliphatic heterocycles. The predicted molar refractivity (Wildman–Crippen MR) is 88.3 cm³/mol. The number of nitrogens with one attached hydrogen (secondary N) is 1. The van der Waals surface area contributed by atoms with Gasteiger partial charge in [0.2, 0.25) is 0 Å². The SMILES string of the molecule is CCCCCN(C)S(=O)(=O)c1cc(C)c(CNC2CC2)s1. The van der Waals surface area contributed by atoms with Crippen LogP contribution >= 0.6 is 11.3 Å². The topological polar surface area (TPSA) is 49.4 Å². The zero-order valence-corrected chi connectivity index (χ0v) is 14.8. The van der Waals surface area contributed by atoms with Gasteiger partial charge in [-0.25, -0.2) is 12.7 Å². The van der Waals surface area contributed by atoms with Crippen LogP contribution in [0.5, 0.6) is 0 Å². The van der Waals surface area contributed by atoms with E-state index in [9.17, 15) is 8.42 Å². The molecule has 1 heterocycles. The molecular formula is C15H26N2O2S2. The molecule has 1 aliphatic rings. The van der Waals surface area contributed by atoms with Gasteiger partial charge in [-0.2, -0.15) is 0 Å². The lowest BCUT2D eigenvalue weighted by atomic mass is 10.2. The highest BCUT2D eigenvalue weighted by molar-refractivity contribution is 7.91. The molecule has 0 radical (unpaired) electrons. The number of hydrogen-bond acceptors (Lipinski definition) is 4. The monoisotopic (exact) mass is 330 g/mol. The van der Waals surface area contributed by atoms with Crippen LogP contribution in [0.15, 0.2) is 10.3 Å². The molecule has 1 saturated carbocycles. The first-order valence-corrected chi connectivity index (χ1v) is 10.00. The summed E-state index contributed by atoms with van der Waals surface area (Å²) in [4.78, 5) is 1.14. The van der Waals surface area contributed by atoms with E-state index in [1.807, 2.05) is 13.0 Å². The molecule has 21 heavy (non-hydrogen) atoms. The zero-order chi connectivity index (χ0) is 15.5. The van der Waals surface area contributed by atoms with Gasteiger partial charge in [-0.3, -0.25) is 0 Å². The Morgan fingerprint density at radius 1 is 1.38 bits per heavy atom. The lowest BCUT2D eigenvalue weighted by molar-refractivity contribution is 0.455. The quantitative estimate of drug-likeness (QED) is 0.708. The van der Waals surface area contributed by atoms with E-state index in [0.717, 1.165) is 36.2 Å². The average Bonchev–Trinajstić information content (AvgIpc) is 3.19. The van der Waals surface area contributed by atoms with Gasteiger partial charge in [0.15, 0.2) is 0 Å². The number of unbranched alkanes of at least 4 members (excludes halogenated alkanes) is 2. The molecule has 0 spiro atoms. The van der Waals surface area contributed by atoms with Crippen LogP contribution in [0.1, 0.15) is 49.5 Å². The van der Waals surface area contributed by atoms with E-state index in [2.05, 4.69) is 12.2 Å². The second-order valence-electron chi connectivity index (χ2n) is 5.86. The summed E-state index contributed by atoms with van der Waals surface area (Å²) in [5.41, 5.74) is 1.08. The van der Waals surface area contributed by atoms with Crippen molar-refractivity contribution in [1.29, 1.82) is 0 Å². The molecule has 0 aromatic carbocycles. The minimum absolute atomic E-state index is 0.478. The summed E-state index contributed by atoms with van der Waals surface area (Å²) in [6.45, 7) is 5.51. The van der Waals surface area contributed by atoms with Crippen molar-refractivity contribution in [2.75, 3.05) is 13.6 Å². The van der Waals surface area contributed by atoms with Gasteiger partial charge in [0, 0.05) is 31.1 Å². The van der Waals surface area contributed by atoms with Crippen LogP contribution in [0.25, 0.3) is 0 Å². The van der Waals surface area contributed by atoms with Gasteiger partial charge in [0.1, 0.15) is 4.21 Å². The third-order valence-corrected chi connectivity index (χ3v) is 7.41. The molecule has 0 saturated heterocycles. The molecule has 2 rings (SSSR count). The van der Waals surface area contributed by atoms with Gasteiger partial charge in [0.05, 0.1) is 0 Å². The molecule has 1 N–H and O–H groups in total. The van der Waals surface area contributed by atoms with Gasteiger partial charge in [-0.1, -0.05) is 19.8 Å². The molecule has 1 aromatic rings. The maximum Gasteiger partial charge on any atom is 0.252 e. The Bertz CT molecular complexity index is 562. The largest absolute Gasteiger partial charge is 0.309 e. The van der Waals surface area contributed by atoms with E-state index in [4.69, 9.17) is 0 Å². The van der Waals surface area contributed by atoms with Crippen molar-refractivity contribution in [3.63, 3.8) is 0 Å². The Balaban J connectivity index is 2.02. The fraction of sp³-hybridized carbons (Fsp3) is 0.733. The van der Waals surface area contributed by atoms with Crippen molar-refractivity contribution >= 4 is 21.4 Å². The lowest BCUT2D eigenvalue weighted by Crippen LogP contribution is -2.27. The second-order valence-corrected chi connectivity index (χ2v) is 9.27. The van der Waals surface area contributed by atoms with E-state index >= 15 is 0 Å². The first kappa shape index (κ1) is 16.9. The Hall–Kier alpha value is -0.430. The van der Waals surface area contributed by atoms with Crippen LogP contribution in [0.2, 0.25) is 0 Å². The summed E-state index contributed by atoms with van der Waals surface area (Å²) in [5, 5.41) is 3.45. The number of aryl methyl sites for hydroxylation is 1. The van der Waals surface area contributed by atoms with Crippen molar-refractivity contribution in [3.05, 3.63) is 16.5 Å². The summed E-state index contributed by atoms with van der Waals surface area (Å²) >= 11 is 1.41. The van der Waals surface area contributed by atoms with Crippen LogP contribution < -0.4 is 5.32 Å². The number of thiophene rings is 1. The minimum Gasteiger partial charge on any atom is -0.309 e. The maximum absolute atomic E-state index is 12.6. The highest BCUT2D eigenvalue weighted by atomic mass is 32.2.